The van der Waals surface area contributed by atoms with E-state index in [1.807, 2.05) is 6.92 Å². The zero-order valence-corrected chi connectivity index (χ0v) is 15.0. The number of aryl methyl sites for hydroxylation is 2. The molecule has 0 fully saturated rings. The van der Waals surface area contributed by atoms with Gasteiger partial charge in [0, 0.05) is 26.2 Å². The van der Waals surface area contributed by atoms with Gasteiger partial charge in [-0.05, 0) is 49.9 Å². The maximum absolute atomic E-state index is 10.4. The third kappa shape index (κ3) is 2.44. The molecular formula is C21H23N5O. The minimum atomic E-state index is -3.21. The molecule has 4 aromatic rings. The van der Waals surface area contributed by atoms with Gasteiger partial charge >= 0.3 is 0 Å². The van der Waals surface area contributed by atoms with E-state index in [1.54, 1.807) is 17.6 Å². The molecule has 0 aliphatic carbocycles. The van der Waals surface area contributed by atoms with Crippen molar-refractivity contribution in [2.45, 2.75) is 40.4 Å². The van der Waals surface area contributed by atoms with Crippen molar-refractivity contribution in [3.05, 3.63) is 52.4 Å². The lowest BCUT2D eigenvalue weighted by atomic mass is 10.0. The molecule has 3 N–H and O–H groups in total. The summed E-state index contributed by atoms with van der Waals surface area (Å²) in [7, 11) is 0. The standard InChI is InChI=1S/C21H23N5O/c1-10(2)14-8-15-17-19(22)23-9-24-21(17)26(20(15)25-13(14)5)18-11(3)6-7-16(27)12(18)4/h6-10,27H,1-5H3,(H2,22,23,24)/i1D3,2D3,9D,10D. The number of phenols is 1. The zero-order chi connectivity index (χ0) is 26.2. The Balaban J connectivity index is 2.27. The van der Waals surface area contributed by atoms with E-state index in [0.717, 1.165) is 5.56 Å². The van der Waals surface area contributed by atoms with Crippen molar-refractivity contribution in [2.75, 3.05) is 0 Å². The topological polar surface area (TPSA) is 90.6 Å². The fourth-order valence-electron chi connectivity index (χ4n) is 3.48. The summed E-state index contributed by atoms with van der Waals surface area (Å²) in [6.07, 6.45) is -0.307. The molecule has 6 nitrogen and oxygen atoms in total. The molecule has 0 spiro atoms. The van der Waals surface area contributed by atoms with Crippen LogP contribution >= 0.6 is 0 Å². The van der Waals surface area contributed by atoms with Crippen molar-refractivity contribution in [3.63, 3.8) is 0 Å². The second-order valence-corrected chi connectivity index (χ2v) is 6.50. The van der Waals surface area contributed by atoms with Crippen LogP contribution in [0, 0.1) is 26.2 Å². The Morgan fingerprint density at radius 1 is 1.33 bits per heavy atom. The van der Waals surface area contributed by atoms with E-state index >= 15 is 0 Å². The molecule has 0 unspecified atom stereocenters. The lowest BCUT2D eigenvalue weighted by molar-refractivity contribution is 0.470. The number of hydrogen-bond acceptors (Lipinski definition) is 4. The van der Waals surface area contributed by atoms with Gasteiger partial charge in [-0.1, -0.05) is 19.8 Å². The zero-order valence-electron chi connectivity index (χ0n) is 23.0. The van der Waals surface area contributed by atoms with Crippen LogP contribution in [-0.4, -0.2) is 24.6 Å². The van der Waals surface area contributed by atoms with Crippen LogP contribution in [0.2, 0.25) is 0 Å². The van der Waals surface area contributed by atoms with Crippen LogP contribution < -0.4 is 5.49 Å². The summed E-state index contributed by atoms with van der Waals surface area (Å²) in [4.78, 5) is 11.2. The molecule has 3 aromatic heterocycles. The predicted molar refractivity (Wildman–Crippen MR) is 107 cm³/mol. The van der Waals surface area contributed by atoms with E-state index in [4.69, 9.17) is 16.4 Å². The molecule has 0 saturated carbocycles. The highest BCUT2D eigenvalue weighted by atomic mass is 16.3. The number of nitrogens with one attached hydrogen (secondary N) is 2. The number of aromatic amines is 1. The first-order valence-electron chi connectivity index (χ1n) is 12.3. The van der Waals surface area contributed by atoms with Crippen LogP contribution in [-0.2, 0) is 0 Å². The minimum Gasteiger partial charge on any atom is -0.508 e. The molecule has 0 radical (unpaired) electrons. The van der Waals surface area contributed by atoms with E-state index in [-0.39, 0.29) is 50.9 Å². The Labute approximate surface area is 168 Å². The van der Waals surface area contributed by atoms with E-state index in [9.17, 15) is 5.11 Å². The highest BCUT2D eigenvalue weighted by Gasteiger charge is 2.21. The van der Waals surface area contributed by atoms with Crippen molar-refractivity contribution in [1.29, 1.82) is 5.41 Å². The number of pyridine rings is 1. The average Bonchev–Trinajstić information content (AvgIpc) is 3.01. The number of benzene rings is 1. The summed E-state index contributed by atoms with van der Waals surface area (Å²) in [5.41, 5.74) is 1.62. The van der Waals surface area contributed by atoms with Gasteiger partial charge in [-0.3, -0.25) is 9.98 Å². The van der Waals surface area contributed by atoms with Crippen molar-refractivity contribution >= 4 is 22.1 Å². The molecule has 6 heteroatoms. The molecule has 0 aliphatic rings. The average molecular weight is 369 g/mol. The number of aromatic hydroxyl groups is 1. The Morgan fingerprint density at radius 3 is 2.85 bits per heavy atom. The molecule has 1 aromatic carbocycles. The number of aromatic nitrogens is 4. The van der Waals surface area contributed by atoms with Crippen LogP contribution in [0.15, 0.2) is 24.5 Å². The van der Waals surface area contributed by atoms with Crippen molar-refractivity contribution in [3.8, 4) is 11.4 Å². The first-order chi connectivity index (χ1) is 16.0. The second kappa shape index (κ2) is 5.94. The van der Waals surface area contributed by atoms with Gasteiger partial charge in [-0.15, -0.1) is 0 Å². The molecule has 27 heavy (non-hydrogen) atoms. The van der Waals surface area contributed by atoms with Crippen molar-refractivity contribution in [1.82, 2.24) is 19.5 Å². The van der Waals surface area contributed by atoms with Crippen LogP contribution in [0.4, 0.5) is 0 Å². The normalized spacial score (nSPS) is 17.4. The molecule has 3 heterocycles. The van der Waals surface area contributed by atoms with Gasteiger partial charge in [0.15, 0.2) is 5.49 Å². The smallest absolute Gasteiger partial charge is 0.157 e. The Morgan fingerprint density at radius 2 is 2.11 bits per heavy atom. The predicted octanol–water partition coefficient (Wildman–Crippen LogP) is 4.14. The number of fused-ring (bicyclic) bond motifs is 3. The summed E-state index contributed by atoms with van der Waals surface area (Å²) in [6.45, 7) is -1.49. The van der Waals surface area contributed by atoms with E-state index < -0.39 is 19.6 Å². The maximum atomic E-state index is 10.4. The largest absolute Gasteiger partial charge is 0.508 e. The monoisotopic (exact) mass is 369 g/mol. The molecule has 0 saturated heterocycles. The van der Waals surface area contributed by atoms with Crippen molar-refractivity contribution in [2.24, 2.45) is 0 Å². The number of nitrogens with zero attached hydrogens (tertiary/aromatic N) is 3. The number of phenolic OH excluding ortho intramolecular Hbond substituents is 1. The van der Waals surface area contributed by atoms with Gasteiger partial charge in [0.1, 0.15) is 18.4 Å². The summed E-state index contributed by atoms with van der Waals surface area (Å²) >= 11 is 0. The fourth-order valence-corrected chi connectivity index (χ4v) is 3.48. The van der Waals surface area contributed by atoms with Gasteiger partial charge in [-0.2, -0.15) is 0 Å². The summed E-state index contributed by atoms with van der Waals surface area (Å²) in [5, 5.41) is 19.2. The van der Waals surface area contributed by atoms with Crippen LogP contribution in [0.5, 0.6) is 5.75 Å². The maximum Gasteiger partial charge on any atom is 0.157 e. The van der Waals surface area contributed by atoms with Crippen LogP contribution in [0.3, 0.4) is 0 Å². The SMILES string of the molecule is [2H]c1nc(=N)c2c3cc(C([2H])(C([2H])([2H])[2H])C([2H])([2H])[2H])c(C)nc3n(-c3c(C)ccc(O)c3C)c2[nH]1. The molecule has 138 valence electrons. The lowest BCUT2D eigenvalue weighted by Crippen LogP contribution is -2.08. The molecule has 0 bridgehead atoms. The van der Waals surface area contributed by atoms with Gasteiger partial charge in [0.05, 0.1) is 17.4 Å². The molecular weight excluding hydrogens is 338 g/mol. The van der Waals surface area contributed by atoms with Gasteiger partial charge in [-0.25, -0.2) is 9.97 Å². The Bertz CT molecular complexity index is 1550. The highest BCUT2D eigenvalue weighted by Crippen LogP contribution is 2.35. The molecule has 0 amide bonds. The fraction of sp³-hybridized carbons (Fsp3) is 0.286. The van der Waals surface area contributed by atoms with E-state index in [1.165, 1.54) is 19.1 Å². The van der Waals surface area contributed by atoms with E-state index in [0.29, 0.717) is 11.3 Å². The Hall–Kier alpha value is -3.15. The van der Waals surface area contributed by atoms with Gasteiger partial charge < -0.3 is 10.1 Å². The highest BCUT2D eigenvalue weighted by molar-refractivity contribution is 6.06. The number of H-pyrrole nitrogens is 1. The van der Waals surface area contributed by atoms with Gasteiger partial charge in [0.25, 0.3) is 0 Å². The molecule has 0 aliphatic heterocycles. The van der Waals surface area contributed by atoms with Crippen LogP contribution in [0.1, 0.15) is 52.9 Å². The quantitative estimate of drug-likeness (QED) is 0.496. The molecule has 0 atom stereocenters. The first kappa shape index (κ1) is 10.3. The van der Waals surface area contributed by atoms with E-state index in [2.05, 4.69) is 15.0 Å². The Kier molecular flexibility index (Phi) is 2.26. The lowest BCUT2D eigenvalue weighted by Gasteiger charge is -2.15. The third-order valence-electron chi connectivity index (χ3n) is 4.81. The van der Waals surface area contributed by atoms with Gasteiger partial charge in [0.2, 0.25) is 0 Å². The summed E-state index contributed by atoms with van der Waals surface area (Å²) in [6, 6.07) is 4.50. The number of rotatable bonds is 2. The third-order valence-corrected chi connectivity index (χ3v) is 4.81. The van der Waals surface area contributed by atoms with Crippen molar-refractivity contribution < 1.29 is 16.1 Å². The summed E-state index contributed by atoms with van der Waals surface area (Å²) < 4.78 is 65.5. The minimum absolute atomic E-state index is 0.00942. The van der Waals surface area contributed by atoms with Crippen LogP contribution in [0.25, 0.3) is 27.8 Å². The summed E-state index contributed by atoms with van der Waals surface area (Å²) in [5.74, 6) is -2.97. The second-order valence-electron chi connectivity index (χ2n) is 6.50. The number of hydrogen-bond donors (Lipinski definition) is 3. The molecule has 4 rings (SSSR count). The first-order valence-corrected chi connectivity index (χ1v) is 8.28.